The summed E-state index contributed by atoms with van der Waals surface area (Å²) in [7, 11) is 0. The van der Waals surface area contributed by atoms with E-state index in [-0.39, 0.29) is 5.91 Å². The number of nitrogens with zero attached hydrogens (tertiary/aromatic N) is 2. The molecular weight excluding hydrogens is 234 g/mol. The second-order valence-electron chi connectivity index (χ2n) is 4.78. The highest BCUT2D eigenvalue weighted by molar-refractivity contribution is 7.15. The molecule has 1 amide bonds. The Hall–Kier alpha value is -1.36. The molecule has 90 valence electrons. The van der Waals surface area contributed by atoms with Crippen molar-refractivity contribution < 1.29 is 4.79 Å². The summed E-state index contributed by atoms with van der Waals surface area (Å²) in [5.74, 6) is 1.56. The SMILES string of the molecule is C[C@@H]1C[C@H]1CNC(=O)Cc1cn2ccsc2n1. The topological polar surface area (TPSA) is 46.4 Å². The van der Waals surface area contributed by atoms with E-state index in [4.69, 9.17) is 0 Å². The summed E-state index contributed by atoms with van der Waals surface area (Å²) < 4.78 is 1.95. The van der Waals surface area contributed by atoms with Gasteiger partial charge in [-0.1, -0.05) is 6.92 Å². The van der Waals surface area contributed by atoms with Crippen LogP contribution in [0.25, 0.3) is 4.96 Å². The second-order valence-corrected chi connectivity index (χ2v) is 5.65. The van der Waals surface area contributed by atoms with Crippen molar-refractivity contribution in [2.75, 3.05) is 6.54 Å². The summed E-state index contributed by atoms with van der Waals surface area (Å²) in [5.41, 5.74) is 0.846. The van der Waals surface area contributed by atoms with Crippen molar-refractivity contribution in [3.05, 3.63) is 23.5 Å². The Balaban J connectivity index is 1.55. The van der Waals surface area contributed by atoms with Crippen LogP contribution in [0, 0.1) is 11.8 Å². The van der Waals surface area contributed by atoms with Crippen LogP contribution in [0.15, 0.2) is 17.8 Å². The minimum absolute atomic E-state index is 0.0786. The van der Waals surface area contributed by atoms with Crippen LogP contribution in [0.5, 0.6) is 0 Å². The third-order valence-electron chi connectivity index (χ3n) is 3.32. The zero-order valence-corrected chi connectivity index (χ0v) is 10.5. The third kappa shape index (κ3) is 2.34. The number of carbonyl (C=O) groups is 1. The van der Waals surface area contributed by atoms with E-state index in [1.807, 2.05) is 22.2 Å². The Morgan fingerprint density at radius 2 is 2.53 bits per heavy atom. The highest BCUT2D eigenvalue weighted by Gasteiger charge is 2.32. The van der Waals surface area contributed by atoms with E-state index < -0.39 is 0 Å². The van der Waals surface area contributed by atoms with E-state index in [0.29, 0.717) is 12.3 Å². The van der Waals surface area contributed by atoms with Crippen molar-refractivity contribution >= 4 is 22.2 Å². The zero-order chi connectivity index (χ0) is 11.8. The number of amides is 1. The van der Waals surface area contributed by atoms with E-state index in [0.717, 1.165) is 23.1 Å². The maximum Gasteiger partial charge on any atom is 0.226 e. The van der Waals surface area contributed by atoms with Gasteiger partial charge in [0.25, 0.3) is 0 Å². The van der Waals surface area contributed by atoms with Gasteiger partial charge in [-0.3, -0.25) is 9.20 Å². The Labute approximate surface area is 104 Å². The van der Waals surface area contributed by atoms with Crippen molar-refractivity contribution in [2.45, 2.75) is 19.8 Å². The van der Waals surface area contributed by atoms with E-state index >= 15 is 0 Å². The number of rotatable bonds is 4. The molecular formula is C12H15N3OS. The fourth-order valence-corrected chi connectivity index (χ4v) is 2.74. The standard InChI is InChI=1S/C12H15N3OS/c1-8-4-9(8)6-13-11(16)5-10-7-15-2-3-17-12(15)14-10/h2-3,7-9H,4-6H2,1H3,(H,13,16)/t8-,9+/m1/s1. The molecule has 4 nitrogen and oxygen atoms in total. The van der Waals surface area contributed by atoms with Crippen molar-refractivity contribution in [3.8, 4) is 0 Å². The molecule has 2 atom stereocenters. The molecule has 0 saturated heterocycles. The predicted octanol–water partition coefficient (Wildman–Crippen LogP) is 1.71. The van der Waals surface area contributed by atoms with Gasteiger partial charge in [-0.05, 0) is 18.3 Å². The number of thiazole rings is 1. The van der Waals surface area contributed by atoms with Gasteiger partial charge in [0.05, 0.1) is 12.1 Å². The molecule has 0 unspecified atom stereocenters. The maximum absolute atomic E-state index is 11.7. The number of imidazole rings is 1. The Morgan fingerprint density at radius 1 is 1.71 bits per heavy atom. The number of hydrogen-bond acceptors (Lipinski definition) is 3. The van der Waals surface area contributed by atoms with Gasteiger partial charge in [-0.2, -0.15) is 0 Å². The maximum atomic E-state index is 11.7. The van der Waals surface area contributed by atoms with Crippen LogP contribution in [0.4, 0.5) is 0 Å². The van der Waals surface area contributed by atoms with Gasteiger partial charge in [-0.15, -0.1) is 11.3 Å². The Morgan fingerprint density at radius 3 is 3.24 bits per heavy atom. The molecule has 0 bridgehead atoms. The third-order valence-corrected chi connectivity index (χ3v) is 4.09. The van der Waals surface area contributed by atoms with Gasteiger partial charge >= 0.3 is 0 Å². The monoisotopic (exact) mass is 249 g/mol. The molecule has 2 aromatic rings. The smallest absolute Gasteiger partial charge is 0.226 e. The Kier molecular flexibility index (Phi) is 2.63. The molecule has 1 N–H and O–H groups in total. The second kappa shape index (κ2) is 4.14. The number of nitrogens with one attached hydrogen (secondary N) is 1. The molecule has 5 heteroatoms. The normalized spacial score (nSPS) is 22.9. The number of aromatic nitrogens is 2. The van der Waals surface area contributed by atoms with Gasteiger partial charge in [-0.25, -0.2) is 4.98 Å². The van der Waals surface area contributed by atoms with Crippen LogP contribution in [0.3, 0.4) is 0 Å². The lowest BCUT2D eigenvalue weighted by Gasteiger charge is -2.02. The molecule has 3 rings (SSSR count). The Bertz CT molecular complexity index is 516. The van der Waals surface area contributed by atoms with Crippen molar-refractivity contribution in [1.29, 1.82) is 0 Å². The summed E-state index contributed by atoms with van der Waals surface area (Å²) >= 11 is 1.58. The molecule has 1 aliphatic rings. The van der Waals surface area contributed by atoms with E-state index in [2.05, 4.69) is 17.2 Å². The molecule has 2 aromatic heterocycles. The quantitative estimate of drug-likeness (QED) is 0.896. The molecule has 0 aromatic carbocycles. The van der Waals surface area contributed by atoms with Crippen molar-refractivity contribution in [3.63, 3.8) is 0 Å². The summed E-state index contributed by atoms with van der Waals surface area (Å²) in [6, 6.07) is 0. The first kappa shape index (κ1) is 10.8. The number of fused-ring (bicyclic) bond motifs is 1. The van der Waals surface area contributed by atoms with Gasteiger partial charge in [0.2, 0.25) is 5.91 Å². The van der Waals surface area contributed by atoms with E-state index in [9.17, 15) is 4.79 Å². The van der Waals surface area contributed by atoms with E-state index in [1.54, 1.807) is 11.3 Å². The van der Waals surface area contributed by atoms with Gasteiger partial charge in [0, 0.05) is 24.3 Å². The summed E-state index contributed by atoms with van der Waals surface area (Å²) in [6.07, 6.45) is 5.52. The van der Waals surface area contributed by atoms with Crippen LogP contribution in [0.2, 0.25) is 0 Å². The van der Waals surface area contributed by atoms with Crippen LogP contribution in [0.1, 0.15) is 19.0 Å². The van der Waals surface area contributed by atoms with Crippen LogP contribution in [-0.4, -0.2) is 21.8 Å². The molecule has 17 heavy (non-hydrogen) atoms. The number of carbonyl (C=O) groups excluding carboxylic acids is 1. The molecule has 1 saturated carbocycles. The average molecular weight is 249 g/mol. The first-order chi connectivity index (χ1) is 8.22. The molecule has 1 aliphatic carbocycles. The summed E-state index contributed by atoms with van der Waals surface area (Å²) in [4.78, 5) is 17.0. The summed E-state index contributed by atoms with van der Waals surface area (Å²) in [6.45, 7) is 3.04. The first-order valence-corrected chi connectivity index (χ1v) is 6.78. The van der Waals surface area contributed by atoms with Crippen LogP contribution >= 0.6 is 11.3 Å². The van der Waals surface area contributed by atoms with Crippen LogP contribution in [-0.2, 0) is 11.2 Å². The van der Waals surface area contributed by atoms with Crippen LogP contribution < -0.4 is 5.32 Å². The fourth-order valence-electron chi connectivity index (χ4n) is 2.02. The molecule has 0 radical (unpaired) electrons. The summed E-state index contributed by atoms with van der Waals surface area (Å²) in [5, 5.41) is 4.96. The molecule has 1 fully saturated rings. The lowest BCUT2D eigenvalue weighted by Crippen LogP contribution is -2.27. The highest BCUT2D eigenvalue weighted by Crippen LogP contribution is 2.36. The van der Waals surface area contributed by atoms with Gasteiger partial charge < -0.3 is 5.32 Å². The molecule has 2 heterocycles. The lowest BCUT2D eigenvalue weighted by molar-refractivity contribution is -0.120. The zero-order valence-electron chi connectivity index (χ0n) is 9.72. The molecule has 0 aliphatic heterocycles. The lowest BCUT2D eigenvalue weighted by atomic mass is 10.3. The van der Waals surface area contributed by atoms with Crippen molar-refractivity contribution in [2.24, 2.45) is 11.8 Å². The average Bonchev–Trinajstić information content (AvgIpc) is 2.68. The minimum Gasteiger partial charge on any atom is -0.355 e. The van der Waals surface area contributed by atoms with Crippen molar-refractivity contribution in [1.82, 2.24) is 14.7 Å². The van der Waals surface area contributed by atoms with E-state index in [1.165, 1.54) is 6.42 Å². The minimum atomic E-state index is 0.0786. The number of hydrogen-bond donors (Lipinski definition) is 1. The first-order valence-electron chi connectivity index (χ1n) is 5.90. The largest absolute Gasteiger partial charge is 0.355 e. The van der Waals surface area contributed by atoms with Gasteiger partial charge in [0.15, 0.2) is 4.96 Å². The highest BCUT2D eigenvalue weighted by atomic mass is 32.1. The van der Waals surface area contributed by atoms with Gasteiger partial charge in [0.1, 0.15) is 0 Å². The molecule has 0 spiro atoms. The predicted molar refractivity (Wildman–Crippen MR) is 67.1 cm³/mol. The fraction of sp³-hybridized carbons (Fsp3) is 0.500.